The lowest BCUT2D eigenvalue weighted by Crippen LogP contribution is -2.05. The highest BCUT2D eigenvalue weighted by Crippen LogP contribution is 2.34. The van der Waals surface area contributed by atoms with Gasteiger partial charge in [-0.25, -0.2) is 4.98 Å². The number of benzene rings is 3. The molecule has 0 bridgehead atoms. The molecule has 1 heterocycles. The van der Waals surface area contributed by atoms with Gasteiger partial charge in [-0.1, -0.05) is 35.5 Å². The number of methoxy groups -OCH3 is 1. The number of halogens is 1. The zero-order valence-corrected chi connectivity index (χ0v) is 19.1. The lowest BCUT2D eigenvalue weighted by molar-refractivity contribution is -0.384. The molecule has 0 N–H and O–H groups in total. The molecular weight excluding hydrogens is 484 g/mol. The molecule has 0 spiro atoms. The largest absolute Gasteiger partial charge is 0.495 e. The number of carbonyl (C=O) groups is 1. The molecule has 4 aromatic rings. The van der Waals surface area contributed by atoms with E-state index in [2.05, 4.69) is 4.98 Å². The Bertz CT molecular complexity index is 1450. The summed E-state index contributed by atoms with van der Waals surface area (Å²) in [6.45, 7) is 0. The highest BCUT2D eigenvalue weighted by Gasteiger charge is 2.21. The smallest absolute Gasteiger partial charge is 0.288 e. The van der Waals surface area contributed by atoms with E-state index in [1.807, 2.05) is 6.07 Å². The van der Waals surface area contributed by atoms with Crippen LogP contribution in [0.1, 0.15) is 10.4 Å². The number of ketones is 1. The molecule has 12 heteroatoms. The molecule has 34 heavy (non-hydrogen) atoms. The van der Waals surface area contributed by atoms with Gasteiger partial charge in [0.25, 0.3) is 11.4 Å². The third-order valence-corrected chi connectivity index (χ3v) is 6.20. The summed E-state index contributed by atoms with van der Waals surface area (Å²) in [5, 5.41) is 22.7. The molecule has 0 unspecified atom stereocenters. The van der Waals surface area contributed by atoms with Crippen molar-refractivity contribution in [1.29, 1.82) is 0 Å². The molecule has 0 saturated carbocycles. The molecule has 0 aliphatic heterocycles. The number of aromatic nitrogens is 2. The number of ether oxygens (including phenoxy) is 1. The van der Waals surface area contributed by atoms with Gasteiger partial charge in [-0.3, -0.25) is 29.6 Å². The van der Waals surface area contributed by atoms with E-state index in [9.17, 15) is 25.0 Å². The number of hydrogen-bond acceptors (Lipinski definition) is 8. The first-order valence-corrected chi connectivity index (χ1v) is 11.1. The highest BCUT2D eigenvalue weighted by atomic mass is 35.5. The second-order valence-corrected chi connectivity index (χ2v) is 8.32. The van der Waals surface area contributed by atoms with Crippen LogP contribution in [-0.2, 0) is 0 Å². The van der Waals surface area contributed by atoms with E-state index >= 15 is 0 Å². The van der Waals surface area contributed by atoms with Gasteiger partial charge in [-0.2, -0.15) is 0 Å². The van der Waals surface area contributed by atoms with Crippen molar-refractivity contribution < 1.29 is 19.4 Å². The van der Waals surface area contributed by atoms with Crippen molar-refractivity contribution >= 4 is 51.6 Å². The van der Waals surface area contributed by atoms with Crippen LogP contribution < -0.4 is 4.74 Å². The summed E-state index contributed by atoms with van der Waals surface area (Å²) < 4.78 is 7.22. The van der Waals surface area contributed by atoms with Gasteiger partial charge in [0, 0.05) is 23.8 Å². The second kappa shape index (κ2) is 9.49. The standard InChI is InChI=1S/C22H15ClN4O6S/c1-33-21-5-3-2-4-18(21)25-17-9-7-14(26(29)30)11-16(17)24-22(25)34-12-20(28)13-6-8-15(23)19(10-13)27(31)32/h2-11H,12H2,1H3. The Kier molecular flexibility index (Phi) is 6.48. The second-order valence-electron chi connectivity index (χ2n) is 6.97. The summed E-state index contributed by atoms with van der Waals surface area (Å²) in [5.41, 5.74) is 1.27. The van der Waals surface area contributed by atoms with Gasteiger partial charge in [-0.05, 0) is 30.3 Å². The summed E-state index contributed by atoms with van der Waals surface area (Å²) in [7, 11) is 1.52. The molecule has 0 atom stereocenters. The van der Waals surface area contributed by atoms with Crippen LogP contribution in [0, 0.1) is 20.2 Å². The number of fused-ring (bicyclic) bond motifs is 1. The minimum atomic E-state index is -0.653. The Balaban J connectivity index is 1.74. The minimum absolute atomic E-state index is 0.0613. The molecule has 4 rings (SSSR count). The molecular formula is C22H15ClN4O6S. The van der Waals surface area contributed by atoms with Crippen molar-refractivity contribution in [2.75, 3.05) is 12.9 Å². The number of imidazole rings is 1. The number of nitrogens with zero attached hydrogens (tertiary/aromatic N) is 4. The Morgan fingerprint density at radius 2 is 1.85 bits per heavy atom. The third-order valence-electron chi connectivity index (χ3n) is 4.94. The summed E-state index contributed by atoms with van der Waals surface area (Å²) in [6.07, 6.45) is 0. The molecule has 1 aromatic heterocycles. The Morgan fingerprint density at radius 3 is 2.56 bits per heavy atom. The molecule has 10 nitrogen and oxygen atoms in total. The number of non-ortho nitro benzene ring substituents is 1. The lowest BCUT2D eigenvalue weighted by Gasteiger charge is -2.12. The molecule has 0 fully saturated rings. The Labute approximate surface area is 201 Å². The predicted molar refractivity (Wildman–Crippen MR) is 127 cm³/mol. The average Bonchev–Trinajstić information content (AvgIpc) is 3.19. The number of nitro groups is 2. The van der Waals surface area contributed by atoms with Crippen molar-refractivity contribution in [3.05, 3.63) is 91.5 Å². The van der Waals surface area contributed by atoms with Gasteiger partial charge in [0.2, 0.25) is 0 Å². The van der Waals surface area contributed by atoms with Crippen molar-refractivity contribution in [2.45, 2.75) is 5.16 Å². The first-order chi connectivity index (χ1) is 16.3. The summed E-state index contributed by atoms with van der Waals surface area (Å²) in [4.78, 5) is 38.5. The number of hydrogen-bond donors (Lipinski definition) is 0. The van der Waals surface area contributed by atoms with Crippen LogP contribution in [0.25, 0.3) is 16.7 Å². The van der Waals surface area contributed by atoms with Gasteiger partial charge in [0.15, 0.2) is 10.9 Å². The average molecular weight is 499 g/mol. The van der Waals surface area contributed by atoms with Gasteiger partial charge >= 0.3 is 0 Å². The number of para-hydroxylation sites is 2. The summed E-state index contributed by atoms with van der Waals surface area (Å²) in [5.74, 6) is 0.0929. The minimum Gasteiger partial charge on any atom is -0.495 e. The van der Waals surface area contributed by atoms with Crippen molar-refractivity contribution in [1.82, 2.24) is 9.55 Å². The van der Waals surface area contributed by atoms with Crippen LogP contribution in [0.15, 0.2) is 65.8 Å². The van der Waals surface area contributed by atoms with Crippen LogP contribution in [0.4, 0.5) is 11.4 Å². The fraction of sp³-hybridized carbons (Fsp3) is 0.0909. The topological polar surface area (TPSA) is 130 Å². The maximum atomic E-state index is 12.8. The number of rotatable bonds is 8. The lowest BCUT2D eigenvalue weighted by atomic mass is 10.1. The van der Waals surface area contributed by atoms with Gasteiger partial charge in [0.1, 0.15) is 10.8 Å². The van der Waals surface area contributed by atoms with Crippen LogP contribution in [0.2, 0.25) is 5.02 Å². The van der Waals surface area contributed by atoms with Crippen LogP contribution in [0.3, 0.4) is 0 Å². The normalized spacial score (nSPS) is 10.9. The summed E-state index contributed by atoms with van der Waals surface area (Å²) in [6, 6.07) is 15.4. The highest BCUT2D eigenvalue weighted by molar-refractivity contribution is 7.99. The van der Waals surface area contributed by atoms with E-state index < -0.39 is 9.85 Å². The molecule has 0 radical (unpaired) electrons. The van der Waals surface area contributed by atoms with Crippen molar-refractivity contribution in [2.24, 2.45) is 0 Å². The quantitative estimate of drug-likeness (QED) is 0.135. The van der Waals surface area contributed by atoms with Gasteiger partial charge < -0.3 is 4.74 Å². The number of nitro benzene ring substituents is 2. The van der Waals surface area contributed by atoms with E-state index in [0.29, 0.717) is 27.6 Å². The van der Waals surface area contributed by atoms with E-state index in [4.69, 9.17) is 16.3 Å². The van der Waals surface area contributed by atoms with E-state index in [-0.39, 0.29) is 33.5 Å². The predicted octanol–water partition coefficient (Wildman–Crippen LogP) is 5.48. The van der Waals surface area contributed by atoms with Crippen molar-refractivity contribution in [3.8, 4) is 11.4 Å². The van der Waals surface area contributed by atoms with Crippen LogP contribution in [0.5, 0.6) is 5.75 Å². The molecule has 3 aromatic carbocycles. The van der Waals surface area contributed by atoms with Crippen molar-refractivity contribution in [3.63, 3.8) is 0 Å². The maximum absolute atomic E-state index is 12.8. The zero-order chi connectivity index (χ0) is 24.4. The van der Waals surface area contributed by atoms with Gasteiger partial charge in [-0.15, -0.1) is 0 Å². The van der Waals surface area contributed by atoms with E-state index in [1.54, 1.807) is 28.8 Å². The molecule has 0 saturated heterocycles. The number of carbonyl (C=O) groups excluding carboxylic acids is 1. The molecule has 0 aliphatic rings. The number of thioether (sulfide) groups is 1. The Morgan fingerprint density at radius 1 is 1.09 bits per heavy atom. The number of Topliss-reactive ketones (excluding diaryl/α,β-unsaturated/α-hetero) is 1. The molecule has 0 aliphatic carbocycles. The van der Waals surface area contributed by atoms with E-state index in [1.165, 1.54) is 31.4 Å². The van der Waals surface area contributed by atoms with Gasteiger partial charge in [0.05, 0.1) is 39.4 Å². The van der Waals surface area contributed by atoms with E-state index in [0.717, 1.165) is 17.8 Å². The first-order valence-electron chi connectivity index (χ1n) is 9.70. The first kappa shape index (κ1) is 23.2. The SMILES string of the molecule is COc1ccccc1-n1c(SCC(=O)c2ccc(Cl)c([N+](=O)[O-])c2)nc2cc([N+](=O)[O-])ccc21. The maximum Gasteiger partial charge on any atom is 0.288 e. The zero-order valence-electron chi connectivity index (χ0n) is 17.5. The Hall–Kier alpha value is -3.96. The molecule has 172 valence electrons. The van der Waals surface area contributed by atoms with Crippen LogP contribution in [-0.4, -0.2) is 38.0 Å². The summed E-state index contributed by atoms with van der Waals surface area (Å²) >= 11 is 6.93. The monoisotopic (exact) mass is 498 g/mol. The third kappa shape index (κ3) is 4.43. The molecule has 0 amide bonds. The van der Waals surface area contributed by atoms with Crippen LogP contribution >= 0.6 is 23.4 Å². The fourth-order valence-electron chi connectivity index (χ4n) is 3.34. The fourth-order valence-corrected chi connectivity index (χ4v) is 4.45.